The third-order valence-corrected chi connectivity index (χ3v) is 6.95. The van der Waals surface area contributed by atoms with Gasteiger partial charge in [0.15, 0.2) is 11.5 Å². The van der Waals surface area contributed by atoms with E-state index in [1.165, 1.54) is 0 Å². The third-order valence-electron chi connectivity index (χ3n) is 5.03. The Hall–Kier alpha value is -2.68. The van der Waals surface area contributed by atoms with Crippen LogP contribution in [0.1, 0.15) is 16.9 Å². The van der Waals surface area contributed by atoms with Gasteiger partial charge in [-0.1, -0.05) is 33.6 Å². The summed E-state index contributed by atoms with van der Waals surface area (Å²) < 4.78 is 17.5. The fourth-order valence-electron chi connectivity index (χ4n) is 3.41. The molecule has 0 radical (unpaired) electrons. The van der Waals surface area contributed by atoms with E-state index in [-0.39, 0.29) is 23.5 Å². The Morgan fingerprint density at radius 2 is 1.91 bits per heavy atom. The van der Waals surface area contributed by atoms with E-state index >= 15 is 0 Å². The molecule has 0 atom stereocenters. The summed E-state index contributed by atoms with van der Waals surface area (Å²) in [6.07, 6.45) is 1.58. The Morgan fingerprint density at radius 1 is 1.12 bits per heavy atom. The molecule has 0 spiro atoms. The summed E-state index contributed by atoms with van der Waals surface area (Å²) in [5, 5.41) is 0.0275. The predicted octanol–water partition coefficient (Wildman–Crippen LogP) is 6.64. The molecule has 3 aromatic rings. The highest BCUT2D eigenvalue weighted by atomic mass is 79.9. The van der Waals surface area contributed by atoms with Crippen molar-refractivity contribution in [1.82, 2.24) is 4.90 Å². The Labute approximate surface area is 201 Å². The number of fused-ring (bicyclic) bond motifs is 1. The first kappa shape index (κ1) is 21.2. The van der Waals surface area contributed by atoms with Crippen LogP contribution in [0.25, 0.3) is 17.4 Å². The number of hydrogen-bond donors (Lipinski definition) is 0. The highest BCUT2D eigenvalue weighted by molar-refractivity contribution is 9.10. The van der Waals surface area contributed by atoms with E-state index in [1.807, 2.05) is 31.2 Å². The third kappa shape index (κ3) is 3.94. The zero-order valence-electron chi connectivity index (χ0n) is 16.7. The van der Waals surface area contributed by atoms with Crippen molar-refractivity contribution in [2.45, 2.75) is 13.5 Å². The quantitative estimate of drug-likeness (QED) is 0.351. The van der Waals surface area contributed by atoms with Crippen LogP contribution in [0.2, 0.25) is 5.02 Å². The Balaban J connectivity index is 1.37. The van der Waals surface area contributed by atoms with Crippen molar-refractivity contribution in [3.8, 4) is 22.8 Å². The average Bonchev–Trinajstić information content (AvgIpc) is 3.45. The minimum absolute atomic E-state index is 0.0389. The first-order chi connectivity index (χ1) is 15.4. The fraction of sp³-hybridized carbons (Fsp3) is 0.130. The topological polar surface area (TPSA) is 69.0 Å². The molecular formula is C23H15BrClNO5S. The molecule has 162 valence electrons. The van der Waals surface area contributed by atoms with Gasteiger partial charge in [-0.25, -0.2) is 0 Å². The number of aryl methyl sites for hydroxylation is 1. The van der Waals surface area contributed by atoms with Gasteiger partial charge in [-0.15, -0.1) is 0 Å². The highest BCUT2D eigenvalue weighted by Crippen LogP contribution is 2.40. The number of ether oxygens (including phenoxy) is 2. The van der Waals surface area contributed by atoms with Gasteiger partial charge in [-0.05, 0) is 60.1 Å². The SMILES string of the molecule is Cc1ccc(-c2ccc(C=C3SC(=O)N(Cc4cc5c(cc4Cl)OCO5)C3=O)o2)c(Br)c1. The van der Waals surface area contributed by atoms with Crippen molar-refractivity contribution in [1.29, 1.82) is 0 Å². The molecule has 1 fully saturated rings. The molecule has 2 aromatic carbocycles. The molecule has 2 aliphatic rings. The summed E-state index contributed by atoms with van der Waals surface area (Å²) >= 11 is 10.7. The van der Waals surface area contributed by atoms with Crippen LogP contribution in [0.4, 0.5) is 4.79 Å². The molecule has 1 aromatic heterocycles. The summed E-state index contributed by atoms with van der Waals surface area (Å²) in [5.41, 5.74) is 2.63. The summed E-state index contributed by atoms with van der Waals surface area (Å²) in [4.78, 5) is 26.9. The predicted molar refractivity (Wildman–Crippen MR) is 126 cm³/mol. The van der Waals surface area contributed by atoms with Gasteiger partial charge in [0.1, 0.15) is 11.5 Å². The van der Waals surface area contributed by atoms with Gasteiger partial charge < -0.3 is 13.9 Å². The lowest BCUT2D eigenvalue weighted by molar-refractivity contribution is -0.123. The van der Waals surface area contributed by atoms with E-state index in [0.29, 0.717) is 33.6 Å². The molecule has 3 heterocycles. The van der Waals surface area contributed by atoms with Crippen molar-refractivity contribution < 1.29 is 23.5 Å². The molecule has 0 saturated carbocycles. The second-order valence-electron chi connectivity index (χ2n) is 7.25. The van der Waals surface area contributed by atoms with E-state index in [1.54, 1.807) is 24.3 Å². The monoisotopic (exact) mass is 531 g/mol. The number of carbonyl (C=O) groups is 2. The largest absolute Gasteiger partial charge is 0.457 e. The van der Waals surface area contributed by atoms with Gasteiger partial charge in [0.2, 0.25) is 6.79 Å². The van der Waals surface area contributed by atoms with Crippen molar-refractivity contribution in [2.75, 3.05) is 6.79 Å². The van der Waals surface area contributed by atoms with Gasteiger partial charge in [0.25, 0.3) is 11.1 Å². The van der Waals surface area contributed by atoms with Gasteiger partial charge in [0, 0.05) is 27.2 Å². The lowest BCUT2D eigenvalue weighted by Crippen LogP contribution is -2.27. The van der Waals surface area contributed by atoms with Crippen LogP contribution < -0.4 is 9.47 Å². The maximum Gasteiger partial charge on any atom is 0.293 e. The number of thioether (sulfide) groups is 1. The molecule has 2 amide bonds. The van der Waals surface area contributed by atoms with Gasteiger partial charge in [0.05, 0.1) is 11.4 Å². The Bertz CT molecular complexity index is 1300. The molecule has 5 rings (SSSR count). The smallest absolute Gasteiger partial charge is 0.293 e. The minimum Gasteiger partial charge on any atom is -0.457 e. The molecule has 32 heavy (non-hydrogen) atoms. The summed E-state index contributed by atoms with van der Waals surface area (Å²) in [7, 11) is 0. The van der Waals surface area contributed by atoms with E-state index < -0.39 is 5.91 Å². The van der Waals surface area contributed by atoms with Crippen molar-refractivity contribution >= 4 is 56.5 Å². The van der Waals surface area contributed by atoms with Crippen LogP contribution in [-0.4, -0.2) is 22.8 Å². The number of benzene rings is 2. The lowest BCUT2D eigenvalue weighted by Gasteiger charge is -2.14. The number of hydrogen-bond acceptors (Lipinski definition) is 6. The van der Waals surface area contributed by atoms with Gasteiger partial charge >= 0.3 is 0 Å². The lowest BCUT2D eigenvalue weighted by atomic mass is 10.1. The molecule has 2 aliphatic heterocycles. The maximum atomic E-state index is 12.9. The molecule has 9 heteroatoms. The number of furan rings is 1. The second-order valence-corrected chi connectivity index (χ2v) is 9.50. The molecule has 6 nitrogen and oxygen atoms in total. The zero-order chi connectivity index (χ0) is 22.4. The summed E-state index contributed by atoms with van der Waals surface area (Å²) in [6, 6.07) is 12.9. The van der Waals surface area contributed by atoms with E-state index in [9.17, 15) is 9.59 Å². The molecule has 0 bridgehead atoms. The van der Waals surface area contributed by atoms with Crippen molar-refractivity contribution in [3.05, 3.63) is 73.8 Å². The molecule has 0 unspecified atom stereocenters. The van der Waals surface area contributed by atoms with Crippen LogP contribution >= 0.6 is 39.3 Å². The number of rotatable bonds is 4. The van der Waals surface area contributed by atoms with Crippen molar-refractivity contribution in [3.63, 3.8) is 0 Å². The average molecular weight is 533 g/mol. The van der Waals surface area contributed by atoms with Crippen LogP contribution in [-0.2, 0) is 11.3 Å². The molecular weight excluding hydrogens is 518 g/mol. The van der Waals surface area contributed by atoms with E-state index in [4.69, 9.17) is 25.5 Å². The second kappa shape index (κ2) is 8.35. The van der Waals surface area contributed by atoms with Crippen LogP contribution in [0.15, 0.2) is 56.3 Å². The Morgan fingerprint density at radius 3 is 2.69 bits per heavy atom. The highest BCUT2D eigenvalue weighted by Gasteiger charge is 2.36. The van der Waals surface area contributed by atoms with Crippen molar-refractivity contribution in [2.24, 2.45) is 0 Å². The normalized spacial score (nSPS) is 16.5. The first-order valence-corrected chi connectivity index (χ1v) is 11.6. The van der Waals surface area contributed by atoms with Crippen LogP contribution in [0.3, 0.4) is 0 Å². The van der Waals surface area contributed by atoms with E-state index in [2.05, 4.69) is 15.9 Å². The molecule has 0 N–H and O–H groups in total. The first-order valence-electron chi connectivity index (χ1n) is 9.59. The van der Waals surface area contributed by atoms with Gasteiger partial charge in [-0.3, -0.25) is 14.5 Å². The van der Waals surface area contributed by atoms with E-state index in [0.717, 1.165) is 32.3 Å². The summed E-state index contributed by atoms with van der Waals surface area (Å²) in [6.45, 7) is 2.16. The fourth-order valence-corrected chi connectivity index (χ4v) is 5.13. The zero-order valence-corrected chi connectivity index (χ0v) is 19.8. The number of halogens is 2. The maximum absolute atomic E-state index is 12.9. The number of carbonyl (C=O) groups excluding carboxylic acids is 2. The molecule has 0 aliphatic carbocycles. The van der Waals surface area contributed by atoms with Gasteiger partial charge in [-0.2, -0.15) is 0 Å². The van der Waals surface area contributed by atoms with Crippen LogP contribution in [0, 0.1) is 6.92 Å². The Kier molecular flexibility index (Phi) is 5.53. The summed E-state index contributed by atoms with van der Waals surface area (Å²) in [5.74, 6) is 1.83. The molecule has 1 saturated heterocycles. The standard InChI is InChI=1S/C23H15BrClNO5S/c1-12-2-4-15(16(24)6-12)18-5-3-14(31-18)8-21-22(27)26(23(28)32-21)10-13-7-19-20(9-17(13)25)30-11-29-19/h2-9H,10-11H2,1H3. The minimum atomic E-state index is -0.400. The number of imide groups is 1. The van der Waals surface area contributed by atoms with Crippen LogP contribution in [0.5, 0.6) is 11.5 Å². The number of amides is 2. The number of nitrogens with zero attached hydrogens (tertiary/aromatic N) is 1.